The maximum atomic E-state index is 12.7. The number of nitrogens with one attached hydrogen (secondary N) is 4. The van der Waals surface area contributed by atoms with Crippen LogP contribution in [-0.2, 0) is 6.54 Å². The number of carbonyl (C=O) groups is 2. The predicted octanol–water partition coefficient (Wildman–Crippen LogP) is 3.81. The first-order chi connectivity index (χ1) is 15.5. The lowest BCUT2D eigenvalue weighted by molar-refractivity contribution is 0.0946. The highest BCUT2D eigenvalue weighted by atomic mass is 16.2. The van der Waals surface area contributed by atoms with Crippen LogP contribution in [0.4, 0.5) is 16.2 Å². The molecule has 0 unspecified atom stereocenters. The van der Waals surface area contributed by atoms with Crippen molar-refractivity contribution in [3.63, 3.8) is 0 Å². The molecule has 0 aliphatic carbocycles. The van der Waals surface area contributed by atoms with Gasteiger partial charge in [0.05, 0.1) is 5.39 Å². The van der Waals surface area contributed by atoms with Crippen molar-refractivity contribution in [3.8, 4) is 0 Å². The van der Waals surface area contributed by atoms with Crippen LogP contribution in [0.2, 0.25) is 0 Å². The third kappa shape index (κ3) is 4.81. The molecule has 0 saturated carbocycles. The largest absolute Gasteiger partial charge is 0.347 e. The van der Waals surface area contributed by atoms with Crippen LogP contribution in [0.5, 0.6) is 0 Å². The van der Waals surface area contributed by atoms with E-state index in [1.54, 1.807) is 42.5 Å². The number of hydrogen-bond acceptors (Lipinski definition) is 4. The maximum Gasteiger partial charge on any atom is 0.323 e. The number of aromatic amines is 1. The third-order valence-corrected chi connectivity index (χ3v) is 4.82. The second-order valence-electron chi connectivity index (χ2n) is 7.28. The Labute approximate surface area is 183 Å². The zero-order chi connectivity index (χ0) is 22.5. The first-order valence-electron chi connectivity index (χ1n) is 9.99. The summed E-state index contributed by atoms with van der Waals surface area (Å²) in [6.07, 6.45) is 0. The van der Waals surface area contributed by atoms with Crippen molar-refractivity contribution < 1.29 is 9.59 Å². The van der Waals surface area contributed by atoms with Crippen molar-refractivity contribution in [2.24, 2.45) is 0 Å². The Bertz CT molecular complexity index is 1360. The molecule has 0 radical (unpaired) electrons. The van der Waals surface area contributed by atoms with Gasteiger partial charge in [-0.2, -0.15) is 5.10 Å². The van der Waals surface area contributed by atoms with Crippen LogP contribution in [0.3, 0.4) is 0 Å². The van der Waals surface area contributed by atoms with Crippen molar-refractivity contribution in [2.75, 3.05) is 10.6 Å². The number of anilines is 2. The van der Waals surface area contributed by atoms with E-state index in [1.807, 2.05) is 37.3 Å². The van der Waals surface area contributed by atoms with Crippen LogP contribution in [0, 0.1) is 6.92 Å². The number of rotatable bonds is 5. The van der Waals surface area contributed by atoms with Crippen molar-refractivity contribution in [1.82, 2.24) is 15.5 Å². The van der Waals surface area contributed by atoms with Crippen molar-refractivity contribution in [2.45, 2.75) is 13.5 Å². The third-order valence-electron chi connectivity index (χ3n) is 4.82. The highest BCUT2D eigenvalue weighted by molar-refractivity contribution is 6.04. The summed E-state index contributed by atoms with van der Waals surface area (Å²) in [5.74, 6) is -0.409. The Morgan fingerprint density at radius 3 is 2.31 bits per heavy atom. The number of nitrogens with zero attached hydrogens (tertiary/aromatic N) is 1. The molecular formula is C24H21N5O3. The molecule has 0 aliphatic rings. The van der Waals surface area contributed by atoms with Gasteiger partial charge < -0.3 is 16.0 Å². The van der Waals surface area contributed by atoms with E-state index < -0.39 is 5.91 Å². The number of fused-ring (bicyclic) bond motifs is 1. The number of amides is 3. The van der Waals surface area contributed by atoms with Gasteiger partial charge in [-0.25, -0.2) is 9.89 Å². The van der Waals surface area contributed by atoms with Crippen LogP contribution in [0.15, 0.2) is 77.6 Å². The number of hydrogen-bond donors (Lipinski definition) is 4. The summed E-state index contributed by atoms with van der Waals surface area (Å²) in [6.45, 7) is 2.18. The normalized spacial score (nSPS) is 10.5. The lowest BCUT2D eigenvalue weighted by atomic mass is 10.1. The Kier molecular flexibility index (Phi) is 5.94. The number of carbonyl (C=O) groups excluding carboxylic acids is 2. The molecule has 0 spiro atoms. The van der Waals surface area contributed by atoms with Gasteiger partial charge in [-0.1, -0.05) is 42.5 Å². The summed E-state index contributed by atoms with van der Waals surface area (Å²) >= 11 is 0. The van der Waals surface area contributed by atoms with Gasteiger partial charge in [0.15, 0.2) is 5.69 Å². The standard InChI is InChI=1S/C24H21N5O3/c1-15-6-4-8-17(12-15)26-24(32)27-18-9-5-7-16(13-18)14-25-23(31)21-19-10-2-3-11-20(19)22(30)29-28-21/h2-13H,14H2,1H3,(H,25,31)(H,29,30)(H2,26,27,32). The molecule has 32 heavy (non-hydrogen) atoms. The minimum absolute atomic E-state index is 0.145. The van der Waals surface area contributed by atoms with E-state index in [0.29, 0.717) is 22.1 Å². The molecule has 4 rings (SSSR count). The van der Waals surface area contributed by atoms with Crippen LogP contribution in [-0.4, -0.2) is 22.1 Å². The van der Waals surface area contributed by atoms with Crippen LogP contribution >= 0.6 is 0 Å². The summed E-state index contributed by atoms with van der Waals surface area (Å²) in [5.41, 5.74) is 2.93. The highest BCUT2D eigenvalue weighted by Gasteiger charge is 2.13. The van der Waals surface area contributed by atoms with E-state index >= 15 is 0 Å². The number of urea groups is 1. The summed E-state index contributed by atoms with van der Waals surface area (Å²) in [7, 11) is 0. The second-order valence-corrected chi connectivity index (χ2v) is 7.28. The summed E-state index contributed by atoms with van der Waals surface area (Å²) in [5, 5.41) is 15.5. The molecule has 0 saturated heterocycles. The molecule has 0 bridgehead atoms. The average molecular weight is 427 g/mol. The van der Waals surface area contributed by atoms with Gasteiger partial charge in [0.1, 0.15) is 0 Å². The van der Waals surface area contributed by atoms with Gasteiger partial charge in [0.25, 0.3) is 11.5 Å². The zero-order valence-electron chi connectivity index (χ0n) is 17.3. The van der Waals surface area contributed by atoms with E-state index in [4.69, 9.17) is 0 Å². The minimum atomic E-state index is -0.409. The molecule has 4 aromatic rings. The Hall–Kier alpha value is -4.46. The van der Waals surface area contributed by atoms with Gasteiger partial charge in [0, 0.05) is 23.3 Å². The molecule has 3 amide bonds. The summed E-state index contributed by atoms with van der Waals surface area (Å²) < 4.78 is 0. The first-order valence-corrected chi connectivity index (χ1v) is 9.99. The molecule has 8 heteroatoms. The lowest BCUT2D eigenvalue weighted by Gasteiger charge is -2.10. The highest BCUT2D eigenvalue weighted by Crippen LogP contribution is 2.15. The van der Waals surface area contributed by atoms with Gasteiger partial charge in [-0.05, 0) is 48.4 Å². The first kappa shape index (κ1) is 20.8. The van der Waals surface area contributed by atoms with E-state index in [1.165, 1.54) is 0 Å². The lowest BCUT2D eigenvalue weighted by Crippen LogP contribution is -2.26. The molecule has 0 aliphatic heterocycles. The molecule has 0 atom stereocenters. The maximum absolute atomic E-state index is 12.7. The van der Waals surface area contributed by atoms with E-state index in [-0.39, 0.29) is 23.8 Å². The summed E-state index contributed by atoms with van der Waals surface area (Å²) in [4.78, 5) is 36.8. The van der Waals surface area contributed by atoms with E-state index in [0.717, 1.165) is 11.1 Å². The molecule has 1 heterocycles. The van der Waals surface area contributed by atoms with E-state index in [2.05, 4.69) is 26.1 Å². The van der Waals surface area contributed by atoms with Gasteiger partial charge >= 0.3 is 6.03 Å². The zero-order valence-corrected chi connectivity index (χ0v) is 17.3. The quantitative estimate of drug-likeness (QED) is 0.388. The molecule has 1 aromatic heterocycles. The number of benzene rings is 3. The topological polar surface area (TPSA) is 116 Å². The molecule has 4 N–H and O–H groups in total. The fourth-order valence-corrected chi connectivity index (χ4v) is 3.33. The average Bonchev–Trinajstić information content (AvgIpc) is 2.78. The fourth-order valence-electron chi connectivity index (χ4n) is 3.33. The SMILES string of the molecule is Cc1cccc(NC(=O)Nc2cccc(CNC(=O)c3n[nH]c(=O)c4ccccc34)c2)c1. The molecule has 160 valence electrons. The summed E-state index contributed by atoms with van der Waals surface area (Å²) in [6, 6.07) is 21.1. The number of aromatic nitrogens is 2. The Morgan fingerprint density at radius 2 is 1.56 bits per heavy atom. The number of aryl methyl sites for hydroxylation is 1. The number of H-pyrrole nitrogens is 1. The Balaban J connectivity index is 1.41. The Morgan fingerprint density at radius 1 is 0.875 bits per heavy atom. The van der Waals surface area contributed by atoms with Crippen molar-refractivity contribution >= 4 is 34.1 Å². The monoisotopic (exact) mass is 427 g/mol. The van der Waals surface area contributed by atoms with Crippen molar-refractivity contribution in [1.29, 1.82) is 0 Å². The van der Waals surface area contributed by atoms with Crippen LogP contribution < -0.4 is 21.5 Å². The molecule has 0 fully saturated rings. The van der Waals surface area contributed by atoms with Gasteiger partial charge in [-0.3, -0.25) is 9.59 Å². The molecule has 8 nitrogen and oxygen atoms in total. The van der Waals surface area contributed by atoms with Gasteiger partial charge in [0.2, 0.25) is 0 Å². The minimum Gasteiger partial charge on any atom is -0.347 e. The van der Waals surface area contributed by atoms with Crippen LogP contribution in [0.25, 0.3) is 10.8 Å². The molecular weight excluding hydrogens is 406 g/mol. The fraction of sp³-hybridized carbons (Fsp3) is 0.0833. The van der Waals surface area contributed by atoms with E-state index in [9.17, 15) is 14.4 Å². The van der Waals surface area contributed by atoms with Gasteiger partial charge in [-0.15, -0.1) is 0 Å². The van der Waals surface area contributed by atoms with Crippen molar-refractivity contribution in [3.05, 3.63) is 100.0 Å². The van der Waals surface area contributed by atoms with Crippen LogP contribution in [0.1, 0.15) is 21.6 Å². The molecule has 3 aromatic carbocycles. The second kappa shape index (κ2) is 9.13. The smallest absolute Gasteiger partial charge is 0.323 e. The predicted molar refractivity (Wildman–Crippen MR) is 124 cm³/mol.